The van der Waals surface area contributed by atoms with Crippen molar-refractivity contribution in [1.82, 2.24) is 9.88 Å². The van der Waals surface area contributed by atoms with Crippen molar-refractivity contribution in [3.63, 3.8) is 0 Å². The van der Waals surface area contributed by atoms with Crippen LogP contribution in [-0.4, -0.2) is 48.9 Å². The molecular weight excluding hydrogens is 258 g/mol. The molecule has 1 aliphatic heterocycles. The van der Waals surface area contributed by atoms with Gasteiger partial charge in [0.15, 0.2) is 11.4 Å². The van der Waals surface area contributed by atoms with E-state index in [1.165, 1.54) is 11.3 Å². The van der Waals surface area contributed by atoms with Crippen molar-refractivity contribution < 1.29 is 4.79 Å². The lowest BCUT2D eigenvalue weighted by Crippen LogP contribution is -2.50. The highest BCUT2D eigenvalue weighted by molar-refractivity contribution is 7.17. The smallest absolute Gasteiger partial charge is 0.186 e. The van der Waals surface area contributed by atoms with Crippen LogP contribution in [0.1, 0.15) is 43.1 Å². The fraction of sp³-hybridized carbons (Fsp3) is 0.714. The van der Waals surface area contributed by atoms with E-state index in [1.807, 2.05) is 0 Å². The molecule has 0 spiro atoms. The van der Waals surface area contributed by atoms with Crippen LogP contribution >= 0.6 is 11.3 Å². The first kappa shape index (κ1) is 14.5. The number of hydrogen-bond acceptors (Lipinski definition) is 5. The van der Waals surface area contributed by atoms with Gasteiger partial charge in [-0.2, -0.15) is 0 Å². The standard InChI is InChI=1S/C14H23N3OS/c1-10-8-17(7-6-16(10)5)13-15-12(14(2,3)4)11(9-18)19-13/h9-10H,6-8H2,1-5H3. The number of piperazine rings is 1. The summed E-state index contributed by atoms with van der Waals surface area (Å²) in [4.78, 5) is 21.4. The minimum atomic E-state index is -0.0802. The highest BCUT2D eigenvalue weighted by atomic mass is 32.1. The van der Waals surface area contributed by atoms with Crippen LogP contribution < -0.4 is 4.90 Å². The van der Waals surface area contributed by atoms with Crippen molar-refractivity contribution in [2.24, 2.45) is 0 Å². The lowest BCUT2D eigenvalue weighted by atomic mass is 9.91. The number of anilines is 1. The van der Waals surface area contributed by atoms with Gasteiger partial charge in [-0.1, -0.05) is 32.1 Å². The Morgan fingerprint density at radius 2 is 2.05 bits per heavy atom. The second-order valence-electron chi connectivity index (χ2n) is 6.35. The SMILES string of the molecule is CC1CN(c2nc(C(C)(C)C)c(C=O)s2)CCN1C. The number of aromatic nitrogens is 1. The van der Waals surface area contributed by atoms with Crippen molar-refractivity contribution in [3.8, 4) is 0 Å². The number of rotatable bonds is 2. The lowest BCUT2D eigenvalue weighted by Gasteiger charge is -2.37. The van der Waals surface area contributed by atoms with Gasteiger partial charge < -0.3 is 9.80 Å². The highest BCUT2D eigenvalue weighted by Gasteiger charge is 2.27. The maximum atomic E-state index is 11.2. The average molecular weight is 281 g/mol. The summed E-state index contributed by atoms with van der Waals surface area (Å²) < 4.78 is 0. The van der Waals surface area contributed by atoms with Gasteiger partial charge in [-0.05, 0) is 14.0 Å². The summed E-state index contributed by atoms with van der Waals surface area (Å²) in [5.41, 5.74) is 0.845. The summed E-state index contributed by atoms with van der Waals surface area (Å²) >= 11 is 1.52. The molecule has 1 unspecified atom stereocenters. The van der Waals surface area contributed by atoms with Gasteiger partial charge in [0.05, 0.1) is 10.6 Å². The van der Waals surface area contributed by atoms with Crippen LogP contribution in [-0.2, 0) is 5.41 Å². The van der Waals surface area contributed by atoms with Crippen molar-refractivity contribution >= 4 is 22.8 Å². The van der Waals surface area contributed by atoms with Crippen LogP contribution in [0.5, 0.6) is 0 Å². The van der Waals surface area contributed by atoms with E-state index in [0.29, 0.717) is 6.04 Å². The number of carbonyl (C=O) groups excluding carboxylic acids is 1. The number of carbonyl (C=O) groups is 1. The van der Waals surface area contributed by atoms with E-state index < -0.39 is 0 Å². The molecule has 1 aromatic rings. The molecule has 4 nitrogen and oxygen atoms in total. The highest BCUT2D eigenvalue weighted by Crippen LogP contribution is 2.33. The van der Waals surface area contributed by atoms with Crippen molar-refractivity contribution in [2.45, 2.75) is 39.2 Å². The van der Waals surface area contributed by atoms with Gasteiger partial charge in [-0.3, -0.25) is 4.79 Å². The summed E-state index contributed by atoms with van der Waals surface area (Å²) in [6, 6.07) is 0.524. The molecule has 0 radical (unpaired) electrons. The third-order valence-electron chi connectivity index (χ3n) is 3.69. The Hall–Kier alpha value is -0.940. The number of aldehydes is 1. The topological polar surface area (TPSA) is 36.4 Å². The molecule has 0 N–H and O–H groups in total. The van der Waals surface area contributed by atoms with E-state index in [2.05, 4.69) is 44.5 Å². The first-order valence-electron chi connectivity index (χ1n) is 6.74. The minimum Gasteiger partial charge on any atom is -0.345 e. The van der Waals surface area contributed by atoms with Gasteiger partial charge in [-0.25, -0.2) is 4.98 Å². The zero-order valence-electron chi connectivity index (χ0n) is 12.4. The molecule has 1 aromatic heterocycles. The van der Waals surface area contributed by atoms with Gasteiger partial charge in [0.25, 0.3) is 0 Å². The molecule has 0 aliphatic carbocycles. The Bertz CT molecular complexity index is 464. The normalized spacial score (nSPS) is 21.7. The minimum absolute atomic E-state index is 0.0802. The van der Waals surface area contributed by atoms with Crippen LogP contribution in [0.3, 0.4) is 0 Å². The predicted octanol–water partition coefficient (Wildman–Crippen LogP) is 2.39. The van der Waals surface area contributed by atoms with E-state index in [1.54, 1.807) is 0 Å². The van der Waals surface area contributed by atoms with Crippen LogP contribution in [0.15, 0.2) is 0 Å². The van der Waals surface area contributed by atoms with Crippen LogP contribution in [0.25, 0.3) is 0 Å². The van der Waals surface area contributed by atoms with Gasteiger partial charge in [-0.15, -0.1) is 0 Å². The third-order valence-corrected chi connectivity index (χ3v) is 4.73. The lowest BCUT2D eigenvalue weighted by molar-refractivity contribution is 0.112. The van der Waals surface area contributed by atoms with Crippen molar-refractivity contribution in [2.75, 3.05) is 31.6 Å². The van der Waals surface area contributed by atoms with E-state index in [0.717, 1.165) is 41.6 Å². The van der Waals surface area contributed by atoms with Gasteiger partial charge in [0, 0.05) is 31.1 Å². The number of likely N-dealkylation sites (N-methyl/N-ethyl adjacent to an activating group) is 1. The van der Waals surface area contributed by atoms with Crippen molar-refractivity contribution in [3.05, 3.63) is 10.6 Å². The molecule has 1 aliphatic rings. The molecule has 5 heteroatoms. The second kappa shape index (κ2) is 5.21. The zero-order chi connectivity index (χ0) is 14.2. The molecule has 106 valence electrons. The number of thiazole rings is 1. The molecule has 0 aromatic carbocycles. The summed E-state index contributed by atoms with van der Waals surface area (Å²) in [7, 11) is 2.15. The Kier molecular flexibility index (Phi) is 3.97. The monoisotopic (exact) mass is 281 g/mol. The van der Waals surface area contributed by atoms with E-state index in [-0.39, 0.29) is 5.41 Å². The van der Waals surface area contributed by atoms with E-state index in [4.69, 9.17) is 4.98 Å². The number of hydrogen-bond donors (Lipinski definition) is 0. The first-order valence-corrected chi connectivity index (χ1v) is 7.56. The zero-order valence-corrected chi connectivity index (χ0v) is 13.3. The second-order valence-corrected chi connectivity index (χ2v) is 7.36. The molecule has 19 heavy (non-hydrogen) atoms. The Morgan fingerprint density at radius 1 is 1.37 bits per heavy atom. The van der Waals surface area contributed by atoms with Crippen LogP contribution in [0.4, 0.5) is 5.13 Å². The predicted molar refractivity (Wildman–Crippen MR) is 80.5 cm³/mol. The summed E-state index contributed by atoms with van der Waals surface area (Å²) in [5.74, 6) is 0. The number of nitrogens with zero attached hydrogens (tertiary/aromatic N) is 3. The van der Waals surface area contributed by atoms with Crippen molar-refractivity contribution in [1.29, 1.82) is 0 Å². The molecule has 0 bridgehead atoms. The maximum absolute atomic E-state index is 11.2. The molecule has 0 saturated carbocycles. The van der Waals surface area contributed by atoms with Gasteiger partial charge in [0.2, 0.25) is 0 Å². The van der Waals surface area contributed by atoms with Gasteiger partial charge >= 0.3 is 0 Å². The fourth-order valence-electron chi connectivity index (χ4n) is 2.29. The first-order chi connectivity index (χ1) is 8.82. The summed E-state index contributed by atoms with van der Waals surface area (Å²) in [6.07, 6.45) is 0.946. The largest absolute Gasteiger partial charge is 0.345 e. The third kappa shape index (κ3) is 2.98. The molecular formula is C14H23N3OS. The van der Waals surface area contributed by atoms with Crippen LogP contribution in [0, 0.1) is 0 Å². The molecule has 1 saturated heterocycles. The molecule has 0 amide bonds. The summed E-state index contributed by atoms with van der Waals surface area (Å²) in [5, 5.41) is 0.993. The molecule has 1 fully saturated rings. The summed E-state index contributed by atoms with van der Waals surface area (Å²) in [6.45, 7) is 11.5. The molecule has 1 atom stereocenters. The average Bonchev–Trinajstić information content (AvgIpc) is 2.76. The molecule has 2 heterocycles. The Balaban J connectivity index is 2.27. The van der Waals surface area contributed by atoms with E-state index in [9.17, 15) is 4.79 Å². The fourth-order valence-corrected chi connectivity index (χ4v) is 3.42. The van der Waals surface area contributed by atoms with Gasteiger partial charge in [0.1, 0.15) is 0 Å². The Labute approximate surface area is 119 Å². The maximum Gasteiger partial charge on any atom is 0.186 e. The Morgan fingerprint density at radius 3 is 2.53 bits per heavy atom. The van der Waals surface area contributed by atoms with E-state index >= 15 is 0 Å². The quantitative estimate of drug-likeness (QED) is 0.780. The molecule has 2 rings (SSSR count). The van der Waals surface area contributed by atoms with Crippen LogP contribution in [0.2, 0.25) is 0 Å².